The van der Waals surface area contributed by atoms with Crippen LogP contribution >= 0.6 is 0 Å². The Morgan fingerprint density at radius 1 is 1.05 bits per heavy atom. The highest BCUT2D eigenvalue weighted by Crippen LogP contribution is 2.31. The maximum Gasteiger partial charge on any atom is 0.126 e. The van der Waals surface area contributed by atoms with Crippen LogP contribution in [0.4, 0.5) is 5.69 Å². The fourth-order valence-electron chi connectivity index (χ4n) is 3.34. The minimum atomic E-state index is 0.506. The second kappa shape index (κ2) is 5.80. The van der Waals surface area contributed by atoms with Gasteiger partial charge >= 0.3 is 0 Å². The number of hydrogen-bond donors (Lipinski definition) is 1. The lowest BCUT2D eigenvalue weighted by atomic mass is 9.88. The van der Waals surface area contributed by atoms with Crippen LogP contribution in [0.1, 0.15) is 28.7 Å². The van der Waals surface area contributed by atoms with Crippen LogP contribution in [0.2, 0.25) is 0 Å². The molecule has 0 amide bonds. The molecule has 2 nitrogen and oxygen atoms in total. The number of anilines is 1. The lowest BCUT2D eigenvalue weighted by molar-refractivity contribution is 0.408. The predicted molar refractivity (Wildman–Crippen MR) is 88.3 cm³/mol. The van der Waals surface area contributed by atoms with Gasteiger partial charge in [0.1, 0.15) is 5.75 Å². The van der Waals surface area contributed by atoms with Crippen molar-refractivity contribution in [1.29, 1.82) is 0 Å². The first kappa shape index (κ1) is 14.0. The van der Waals surface area contributed by atoms with Crippen molar-refractivity contribution in [2.45, 2.75) is 39.2 Å². The summed E-state index contributed by atoms with van der Waals surface area (Å²) in [4.78, 5) is 0. The fourth-order valence-corrected chi connectivity index (χ4v) is 3.34. The molecule has 0 aromatic heterocycles. The summed E-state index contributed by atoms with van der Waals surface area (Å²) in [6.07, 6.45) is 3.45. The monoisotopic (exact) mass is 281 g/mol. The lowest BCUT2D eigenvalue weighted by Crippen LogP contribution is -2.27. The first-order valence-electron chi connectivity index (χ1n) is 7.66. The van der Waals surface area contributed by atoms with Gasteiger partial charge in [-0.2, -0.15) is 0 Å². The SMILES string of the molecule is COc1c(C)ccc(NC2CCc3ccccc3C2)c1C. The largest absolute Gasteiger partial charge is 0.496 e. The van der Waals surface area contributed by atoms with Gasteiger partial charge in [0.15, 0.2) is 0 Å². The molecule has 1 aliphatic carbocycles. The van der Waals surface area contributed by atoms with Crippen molar-refractivity contribution < 1.29 is 4.74 Å². The summed E-state index contributed by atoms with van der Waals surface area (Å²) in [5.41, 5.74) is 6.58. The van der Waals surface area contributed by atoms with Gasteiger partial charge in [0.25, 0.3) is 0 Å². The number of rotatable bonds is 3. The van der Waals surface area contributed by atoms with E-state index in [4.69, 9.17) is 4.74 Å². The van der Waals surface area contributed by atoms with Crippen molar-refractivity contribution in [1.82, 2.24) is 0 Å². The van der Waals surface area contributed by atoms with Crippen LogP contribution in [0.5, 0.6) is 5.75 Å². The summed E-state index contributed by atoms with van der Waals surface area (Å²) >= 11 is 0. The molecule has 2 aromatic carbocycles. The van der Waals surface area contributed by atoms with Crippen molar-refractivity contribution >= 4 is 5.69 Å². The molecule has 2 aromatic rings. The van der Waals surface area contributed by atoms with Gasteiger partial charge in [-0.15, -0.1) is 0 Å². The fraction of sp³-hybridized carbons (Fsp3) is 0.368. The minimum absolute atomic E-state index is 0.506. The third-order valence-corrected chi connectivity index (χ3v) is 4.51. The maximum atomic E-state index is 5.52. The molecule has 3 rings (SSSR count). The summed E-state index contributed by atoms with van der Waals surface area (Å²) in [5, 5.41) is 3.71. The van der Waals surface area contributed by atoms with E-state index in [1.54, 1.807) is 7.11 Å². The van der Waals surface area contributed by atoms with E-state index in [0.717, 1.165) is 18.6 Å². The average Bonchev–Trinajstić information content (AvgIpc) is 2.50. The van der Waals surface area contributed by atoms with Gasteiger partial charge in [0.05, 0.1) is 7.11 Å². The van der Waals surface area contributed by atoms with Crippen molar-refractivity contribution in [3.05, 3.63) is 58.7 Å². The molecule has 0 spiro atoms. The molecule has 110 valence electrons. The van der Waals surface area contributed by atoms with Crippen LogP contribution in [0.25, 0.3) is 0 Å². The Labute approximate surface area is 127 Å². The number of nitrogens with one attached hydrogen (secondary N) is 1. The molecule has 0 saturated heterocycles. The topological polar surface area (TPSA) is 21.3 Å². The Morgan fingerprint density at radius 3 is 2.57 bits per heavy atom. The molecule has 0 radical (unpaired) electrons. The van der Waals surface area contributed by atoms with Crippen LogP contribution < -0.4 is 10.1 Å². The summed E-state index contributed by atoms with van der Waals surface area (Å²) < 4.78 is 5.52. The Morgan fingerprint density at radius 2 is 1.81 bits per heavy atom. The number of benzene rings is 2. The summed E-state index contributed by atoms with van der Waals surface area (Å²) in [7, 11) is 1.75. The van der Waals surface area contributed by atoms with Crippen LogP contribution in [-0.4, -0.2) is 13.2 Å². The Bertz CT molecular complexity index is 648. The third kappa shape index (κ3) is 2.76. The number of hydrogen-bond acceptors (Lipinski definition) is 2. The van der Waals surface area contributed by atoms with Gasteiger partial charge in [-0.1, -0.05) is 30.3 Å². The van der Waals surface area contributed by atoms with Crippen LogP contribution in [0.3, 0.4) is 0 Å². The number of aryl methyl sites for hydroxylation is 2. The second-order valence-corrected chi connectivity index (χ2v) is 5.94. The lowest BCUT2D eigenvalue weighted by Gasteiger charge is -2.27. The number of fused-ring (bicyclic) bond motifs is 1. The zero-order valence-electron chi connectivity index (χ0n) is 13.1. The highest BCUT2D eigenvalue weighted by Gasteiger charge is 2.19. The molecule has 1 N–H and O–H groups in total. The quantitative estimate of drug-likeness (QED) is 0.906. The highest BCUT2D eigenvalue weighted by molar-refractivity contribution is 5.60. The standard InChI is InChI=1S/C19H23NO/c1-13-8-11-18(14(2)19(13)21-3)20-17-10-9-15-6-4-5-7-16(15)12-17/h4-8,11,17,20H,9-10,12H2,1-3H3. The first-order chi connectivity index (χ1) is 10.2. The second-order valence-electron chi connectivity index (χ2n) is 5.94. The van der Waals surface area contributed by atoms with E-state index >= 15 is 0 Å². The summed E-state index contributed by atoms with van der Waals surface area (Å²) in [6, 6.07) is 13.6. The Hall–Kier alpha value is -1.96. The zero-order chi connectivity index (χ0) is 14.8. The van der Waals surface area contributed by atoms with E-state index in [2.05, 4.69) is 55.6 Å². The molecular formula is C19H23NO. The van der Waals surface area contributed by atoms with E-state index in [1.165, 1.54) is 34.4 Å². The molecule has 1 aliphatic rings. The Balaban J connectivity index is 1.80. The van der Waals surface area contributed by atoms with E-state index in [-0.39, 0.29) is 0 Å². The molecule has 1 unspecified atom stereocenters. The number of ether oxygens (including phenoxy) is 1. The van der Waals surface area contributed by atoms with Crippen LogP contribution in [-0.2, 0) is 12.8 Å². The summed E-state index contributed by atoms with van der Waals surface area (Å²) in [5.74, 6) is 0.996. The molecule has 0 saturated carbocycles. The summed E-state index contributed by atoms with van der Waals surface area (Å²) in [6.45, 7) is 4.22. The van der Waals surface area contributed by atoms with Crippen molar-refractivity contribution in [3.63, 3.8) is 0 Å². The van der Waals surface area contributed by atoms with Crippen molar-refractivity contribution in [2.75, 3.05) is 12.4 Å². The van der Waals surface area contributed by atoms with Crippen LogP contribution in [0.15, 0.2) is 36.4 Å². The van der Waals surface area contributed by atoms with E-state index < -0.39 is 0 Å². The molecule has 0 bridgehead atoms. The van der Waals surface area contributed by atoms with Gasteiger partial charge in [-0.25, -0.2) is 0 Å². The predicted octanol–water partition coefficient (Wildman–Crippen LogP) is 4.28. The molecular weight excluding hydrogens is 258 g/mol. The molecule has 0 aliphatic heterocycles. The molecule has 1 atom stereocenters. The van der Waals surface area contributed by atoms with Crippen molar-refractivity contribution in [3.8, 4) is 5.75 Å². The Kier molecular flexibility index (Phi) is 3.87. The molecule has 21 heavy (non-hydrogen) atoms. The van der Waals surface area contributed by atoms with E-state index in [0.29, 0.717) is 6.04 Å². The third-order valence-electron chi connectivity index (χ3n) is 4.51. The van der Waals surface area contributed by atoms with Crippen LogP contribution in [0, 0.1) is 13.8 Å². The minimum Gasteiger partial charge on any atom is -0.496 e. The molecule has 2 heteroatoms. The van der Waals surface area contributed by atoms with E-state index in [1.807, 2.05) is 0 Å². The zero-order valence-corrected chi connectivity index (χ0v) is 13.1. The van der Waals surface area contributed by atoms with Gasteiger partial charge < -0.3 is 10.1 Å². The first-order valence-corrected chi connectivity index (χ1v) is 7.66. The van der Waals surface area contributed by atoms with Gasteiger partial charge in [-0.05, 0) is 55.9 Å². The smallest absolute Gasteiger partial charge is 0.126 e. The van der Waals surface area contributed by atoms with Gasteiger partial charge in [0.2, 0.25) is 0 Å². The van der Waals surface area contributed by atoms with Gasteiger partial charge in [-0.3, -0.25) is 0 Å². The molecule has 0 heterocycles. The maximum absolute atomic E-state index is 5.52. The van der Waals surface area contributed by atoms with Crippen molar-refractivity contribution in [2.24, 2.45) is 0 Å². The van der Waals surface area contributed by atoms with E-state index in [9.17, 15) is 0 Å². The molecule has 0 fully saturated rings. The normalized spacial score (nSPS) is 17.2. The number of methoxy groups -OCH3 is 1. The average molecular weight is 281 g/mol. The highest BCUT2D eigenvalue weighted by atomic mass is 16.5. The van der Waals surface area contributed by atoms with Gasteiger partial charge in [0, 0.05) is 17.3 Å².